The van der Waals surface area contributed by atoms with Gasteiger partial charge in [0.15, 0.2) is 0 Å². The van der Waals surface area contributed by atoms with Crippen LogP contribution in [0.1, 0.15) is 31.2 Å². The minimum absolute atomic E-state index is 0.309. The topological polar surface area (TPSA) is 29.3 Å². The van der Waals surface area contributed by atoms with Crippen molar-refractivity contribution < 1.29 is 0 Å². The molecule has 0 aromatic heterocycles. The van der Waals surface area contributed by atoms with E-state index in [4.69, 9.17) is 5.73 Å². The summed E-state index contributed by atoms with van der Waals surface area (Å²) in [5, 5.41) is 0. The molecule has 1 unspecified atom stereocenters. The molecule has 2 aliphatic heterocycles. The van der Waals surface area contributed by atoms with Gasteiger partial charge in [-0.2, -0.15) is 0 Å². The van der Waals surface area contributed by atoms with Crippen LogP contribution >= 0.6 is 0 Å². The number of nitrogens with two attached hydrogens (primary N) is 1. The average molecular weight is 202 g/mol. The van der Waals surface area contributed by atoms with Crippen LogP contribution in [0.25, 0.3) is 0 Å². The van der Waals surface area contributed by atoms with Gasteiger partial charge in [0.1, 0.15) is 0 Å². The predicted molar refractivity (Wildman–Crippen MR) is 62.6 cm³/mol. The third-order valence-electron chi connectivity index (χ3n) is 4.13. The molecule has 2 heteroatoms. The molecule has 0 saturated carbocycles. The molecule has 0 aliphatic carbocycles. The van der Waals surface area contributed by atoms with Crippen LogP contribution in [0.3, 0.4) is 0 Å². The smallest absolute Gasteiger partial charge is 0.0493 e. The van der Waals surface area contributed by atoms with Crippen LogP contribution in [0.2, 0.25) is 0 Å². The fourth-order valence-electron chi connectivity index (χ4n) is 3.23. The van der Waals surface area contributed by atoms with E-state index in [-0.39, 0.29) is 0 Å². The summed E-state index contributed by atoms with van der Waals surface area (Å²) in [6, 6.07) is 8.40. The van der Waals surface area contributed by atoms with Gasteiger partial charge in [-0.3, -0.25) is 4.90 Å². The quantitative estimate of drug-likeness (QED) is 0.708. The Bertz CT molecular complexity index is 375. The summed E-state index contributed by atoms with van der Waals surface area (Å²) in [6.45, 7) is 2.52. The van der Waals surface area contributed by atoms with E-state index >= 15 is 0 Å². The third-order valence-corrected chi connectivity index (χ3v) is 4.13. The zero-order valence-electron chi connectivity index (χ0n) is 9.08. The molecule has 1 aromatic carbocycles. The molecular weight excluding hydrogens is 184 g/mol. The minimum Gasteiger partial charge on any atom is -0.398 e. The Morgan fingerprint density at radius 3 is 2.60 bits per heavy atom. The zero-order chi connectivity index (χ0) is 10.3. The van der Waals surface area contributed by atoms with Gasteiger partial charge in [-0.1, -0.05) is 18.2 Å². The van der Waals surface area contributed by atoms with Crippen molar-refractivity contribution in [1.82, 2.24) is 4.90 Å². The van der Waals surface area contributed by atoms with Crippen molar-refractivity contribution >= 4 is 5.69 Å². The molecule has 80 valence electrons. The molecule has 3 rings (SSSR count). The molecule has 2 saturated heterocycles. The Morgan fingerprint density at radius 2 is 1.93 bits per heavy atom. The summed E-state index contributed by atoms with van der Waals surface area (Å²) in [5.41, 5.74) is 8.76. The molecule has 2 nitrogen and oxygen atoms in total. The Labute approximate surface area is 91.1 Å². The van der Waals surface area contributed by atoms with Crippen molar-refractivity contribution in [2.75, 3.05) is 18.8 Å². The largest absolute Gasteiger partial charge is 0.398 e. The highest BCUT2D eigenvalue weighted by atomic mass is 15.3. The van der Waals surface area contributed by atoms with E-state index in [1.165, 1.54) is 44.3 Å². The number of piperidine rings is 1. The summed E-state index contributed by atoms with van der Waals surface area (Å²) in [6.07, 6.45) is 5.29. The van der Waals surface area contributed by atoms with Crippen LogP contribution in [-0.4, -0.2) is 18.0 Å². The Hall–Kier alpha value is -1.02. The number of rotatable bonds is 1. The Balaban J connectivity index is 2.01. The molecule has 2 heterocycles. The molecular formula is C13H18N2. The van der Waals surface area contributed by atoms with E-state index in [0.717, 1.165) is 5.69 Å². The molecule has 2 aliphatic rings. The molecule has 0 spiro atoms. The summed E-state index contributed by atoms with van der Waals surface area (Å²) < 4.78 is 0. The van der Waals surface area contributed by atoms with E-state index in [0.29, 0.717) is 5.54 Å². The maximum absolute atomic E-state index is 6.11. The maximum Gasteiger partial charge on any atom is 0.0493 e. The van der Waals surface area contributed by atoms with Gasteiger partial charge in [0.25, 0.3) is 0 Å². The summed E-state index contributed by atoms with van der Waals surface area (Å²) in [5.74, 6) is 0. The second kappa shape index (κ2) is 3.24. The van der Waals surface area contributed by atoms with E-state index in [1.807, 2.05) is 12.1 Å². The summed E-state index contributed by atoms with van der Waals surface area (Å²) in [7, 11) is 0. The highest BCUT2D eigenvalue weighted by Crippen LogP contribution is 2.48. The fourth-order valence-corrected chi connectivity index (χ4v) is 3.23. The lowest BCUT2D eigenvalue weighted by atomic mass is 9.71. The fraction of sp³-hybridized carbons (Fsp3) is 0.538. The zero-order valence-corrected chi connectivity index (χ0v) is 9.08. The van der Waals surface area contributed by atoms with Gasteiger partial charge >= 0.3 is 0 Å². The second-order valence-electron chi connectivity index (χ2n) is 4.81. The molecule has 0 amide bonds. The third kappa shape index (κ3) is 1.21. The van der Waals surface area contributed by atoms with Crippen molar-refractivity contribution in [2.45, 2.75) is 31.2 Å². The Kier molecular flexibility index (Phi) is 1.99. The molecule has 2 N–H and O–H groups in total. The van der Waals surface area contributed by atoms with Gasteiger partial charge in [0.05, 0.1) is 0 Å². The van der Waals surface area contributed by atoms with Gasteiger partial charge in [-0.15, -0.1) is 0 Å². The van der Waals surface area contributed by atoms with Crippen LogP contribution in [0.15, 0.2) is 24.3 Å². The normalized spacial score (nSPS) is 30.7. The van der Waals surface area contributed by atoms with Crippen molar-refractivity contribution in [1.29, 1.82) is 0 Å². The lowest BCUT2D eigenvalue weighted by Gasteiger charge is -2.56. The first-order chi connectivity index (χ1) is 7.33. The van der Waals surface area contributed by atoms with Crippen molar-refractivity contribution in [3.63, 3.8) is 0 Å². The van der Waals surface area contributed by atoms with Gasteiger partial charge in [-0.25, -0.2) is 0 Å². The number of hydrogen-bond donors (Lipinski definition) is 1. The molecule has 0 radical (unpaired) electrons. The van der Waals surface area contributed by atoms with E-state index in [1.54, 1.807) is 0 Å². The van der Waals surface area contributed by atoms with Gasteiger partial charge < -0.3 is 5.73 Å². The first-order valence-electron chi connectivity index (χ1n) is 5.93. The summed E-state index contributed by atoms with van der Waals surface area (Å²) >= 11 is 0. The number of benzene rings is 1. The summed E-state index contributed by atoms with van der Waals surface area (Å²) in [4.78, 5) is 2.61. The first kappa shape index (κ1) is 9.22. The molecule has 1 aromatic rings. The number of para-hydroxylation sites is 1. The average Bonchev–Trinajstić information content (AvgIpc) is 2.22. The Morgan fingerprint density at radius 1 is 1.07 bits per heavy atom. The molecule has 1 atom stereocenters. The number of hydrogen-bond acceptors (Lipinski definition) is 2. The number of nitrogens with zero attached hydrogens (tertiary/aromatic N) is 1. The number of fused-ring (bicyclic) bond motifs is 1. The molecule has 2 fully saturated rings. The van der Waals surface area contributed by atoms with E-state index < -0.39 is 0 Å². The lowest BCUT2D eigenvalue weighted by molar-refractivity contribution is -0.0500. The molecule has 0 bridgehead atoms. The number of nitrogen functional groups attached to an aromatic ring is 1. The SMILES string of the molecule is Nc1ccccc1C12CCCCN1CC2. The predicted octanol–water partition coefficient (Wildman–Crippen LogP) is 2.35. The van der Waals surface area contributed by atoms with Gasteiger partial charge in [0, 0.05) is 17.8 Å². The van der Waals surface area contributed by atoms with Crippen LogP contribution < -0.4 is 5.73 Å². The highest BCUT2D eigenvalue weighted by Gasteiger charge is 2.47. The number of anilines is 1. The van der Waals surface area contributed by atoms with Crippen molar-refractivity contribution in [3.05, 3.63) is 29.8 Å². The first-order valence-corrected chi connectivity index (χ1v) is 5.93. The standard InChI is InChI=1S/C13H18N2/c14-12-6-2-1-5-11(12)13-7-3-4-9-15(13)10-8-13/h1-2,5-6H,3-4,7-10,14H2. The molecule has 15 heavy (non-hydrogen) atoms. The van der Waals surface area contributed by atoms with E-state index in [2.05, 4.69) is 17.0 Å². The minimum atomic E-state index is 0.309. The van der Waals surface area contributed by atoms with Crippen LogP contribution in [0, 0.1) is 0 Å². The second-order valence-corrected chi connectivity index (χ2v) is 4.81. The lowest BCUT2D eigenvalue weighted by Crippen LogP contribution is -2.59. The van der Waals surface area contributed by atoms with Crippen LogP contribution in [0.5, 0.6) is 0 Å². The van der Waals surface area contributed by atoms with Gasteiger partial charge in [-0.05, 0) is 43.9 Å². The van der Waals surface area contributed by atoms with Crippen LogP contribution in [0.4, 0.5) is 5.69 Å². The van der Waals surface area contributed by atoms with Crippen molar-refractivity contribution in [3.8, 4) is 0 Å². The highest BCUT2D eigenvalue weighted by molar-refractivity contribution is 5.51. The maximum atomic E-state index is 6.11. The van der Waals surface area contributed by atoms with E-state index in [9.17, 15) is 0 Å². The van der Waals surface area contributed by atoms with Gasteiger partial charge in [0.2, 0.25) is 0 Å². The van der Waals surface area contributed by atoms with Crippen LogP contribution in [-0.2, 0) is 5.54 Å². The van der Waals surface area contributed by atoms with Crippen molar-refractivity contribution in [2.24, 2.45) is 0 Å². The monoisotopic (exact) mass is 202 g/mol.